The molecule has 0 N–H and O–H groups in total. The van der Waals surface area contributed by atoms with Gasteiger partial charge in [0.05, 0.1) is 23.9 Å². The molecule has 0 aliphatic heterocycles. The van der Waals surface area contributed by atoms with Crippen LogP contribution in [0.3, 0.4) is 0 Å². The molecule has 2 nitrogen and oxygen atoms in total. The third kappa shape index (κ3) is 2.51. The highest BCUT2D eigenvalue weighted by Gasteiger charge is 2.04. The molecule has 0 atom stereocenters. The predicted octanol–water partition coefficient (Wildman–Crippen LogP) is 3.43. The molecule has 0 amide bonds. The van der Waals surface area contributed by atoms with E-state index in [0.29, 0.717) is 6.42 Å². The molecule has 1 heterocycles. The second-order valence-electron chi connectivity index (χ2n) is 4.17. The van der Waals surface area contributed by atoms with Gasteiger partial charge in [-0.1, -0.05) is 29.8 Å². The van der Waals surface area contributed by atoms with Crippen molar-refractivity contribution >= 4 is 0 Å². The fourth-order valence-electron chi connectivity index (χ4n) is 1.91. The van der Waals surface area contributed by atoms with Crippen LogP contribution in [0.25, 0.3) is 11.3 Å². The average molecular weight is 222 g/mol. The minimum absolute atomic E-state index is 0.360. The summed E-state index contributed by atoms with van der Waals surface area (Å²) in [5.41, 5.74) is 5.36. The summed E-state index contributed by atoms with van der Waals surface area (Å²) in [5, 5.41) is 8.68. The maximum Gasteiger partial charge on any atom is 0.0774 e. The predicted molar refractivity (Wildman–Crippen MR) is 68.5 cm³/mol. The first-order valence-corrected chi connectivity index (χ1v) is 5.61. The molecule has 2 rings (SSSR count). The Hall–Kier alpha value is -2.14. The number of rotatable bonds is 2. The molecule has 0 unspecified atom stereocenters. The minimum atomic E-state index is 0.360. The molecule has 0 fully saturated rings. The minimum Gasteiger partial charge on any atom is -0.252 e. The van der Waals surface area contributed by atoms with Crippen molar-refractivity contribution in [3.8, 4) is 17.3 Å². The molecule has 0 bridgehead atoms. The summed E-state index contributed by atoms with van der Waals surface area (Å²) >= 11 is 0. The van der Waals surface area contributed by atoms with Crippen LogP contribution in [-0.4, -0.2) is 4.98 Å². The van der Waals surface area contributed by atoms with Crippen molar-refractivity contribution in [1.29, 1.82) is 5.26 Å². The third-order valence-electron chi connectivity index (χ3n) is 2.72. The lowest BCUT2D eigenvalue weighted by atomic mass is 10.0. The summed E-state index contributed by atoms with van der Waals surface area (Å²) < 4.78 is 0. The normalized spacial score (nSPS) is 9.94. The van der Waals surface area contributed by atoms with Gasteiger partial charge in [-0.15, -0.1) is 0 Å². The van der Waals surface area contributed by atoms with Gasteiger partial charge < -0.3 is 0 Å². The molecular weight excluding hydrogens is 208 g/mol. The quantitative estimate of drug-likeness (QED) is 0.780. The number of nitrogens with zero attached hydrogens (tertiary/aromatic N) is 2. The van der Waals surface area contributed by atoms with Crippen LogP contribution < -0.4 is 0 Å². The van der Waals surface area contributed by atoms with Crippen molar-refractivity contribution in [1.82, 2.24) is 4.98 Å². The molecule has 2 aromatic rings. The fraction of sp³-hybridized carbons (Fsp3) is 0.200. The zero-order valence-electron chi connectivity index (χ0n) is 10.1. The van der Waals surface area contributed by atoms with E-state index < -0.39 is 0 Å². The second-order valence-corrected chi connectivity index (χ2v) is 4.17. The number of nitriles is 1. The number of aryl methyl sites for hydroxylation is 2. The average Bonchev–Trinajstić information content (AvgIpc) is 2.29. The van der Waals surface area contributed by atoms with E-state index in [1.165, 1.54) is 11.1 Å². The highest BCUT2D eigenvalue weighted by molar-refractivity contribution is 5.64. The molecule has 1 aromatic carbocycles. The third-order valence-corrected chi connectivity index (χ3v) is 2.72. The molecule has 84 valence electrons. The zero-order valence-corrected chi connectivity index (χ0v) is 10.1. The molecule has 0 spiro atoms. The highest BCUT2D eigenvalue weighted by Crippen LogP contribution is 2.22. The molecule has 1 aromatic heterocycles. The van der Waals surface area contributed by atoms with Gasteiger partial charge in [0.15, 0.2) is 0 Å². The Bertz CT molecular complexity index is 580. The summed E-state index contributed by atoms with van der Waals surface area (Å²) in [6, 6.07) is 14.3. The Morgan fingerprint density at radius 1 is 1.18 bits per heavy atom. The SMILES string of the molecule is Cc1ccc(-c2cccc(CC#N)n2)c(C)c1. The lowest BCUT2D eigenvalue weighted by molar-refractivity contribution is 1.12. The van der Waals surface area contributed by atoms with E-state index in [1.807, 2.05) is 18.2 Å². The number of hydrogen-bond donors (Lipinski definition) is 0. The lowest BCUT2D eigenvalue weighted by Gasteiger charge is -2.07. The van der Waals surface area contributed by atoms with Crippen molar-refractivity contribution in [2.45, 2.75) is 20.3 Å². The topological polar surface area (TPSA) is 36.7 Å². The smallest absolute Gasteiger partial charge is 0.0774 e. The summed E-state index contributed by atoms with van der Waals surface area (Å²) in [5.74, 6) is 0. The first-order valence-electron chi connectivity index (χ1n) is 5.61. The van der Waals surface area contributed by atoms with Gasteiger partial charge in [0.25, 0.3) is 0 Å². The first-order chi connectivity index (χ1) is 8.20. The Balaban J connectivity index is 2.46. The van der Waals surface area contributed by atoms with Crippen LogP contribution in [0, 0.1) is 25.2 Å². The van der Waals surface area contributed by atoms with Crippen molar-refractivity contribution in [2.24, 2.45) is 0 Å². The van der Waals surface area contributed by atoms with Gasteiger partial charge in [0, 0.05) is 5.56 Å². The number of aromatic nitrogens is 1. The van der Waals surface area contributed by atoms with Gasteiger partial charge in [-0.05, 0) is 31.5 Å². The molecule has 0 saturated heterocycles. The summed E-state index contributed by atoms with van der Waals surface area (Å²) in [6.45, 7) is 4.16. The summed E-state index contributed by atoms with van der Waals surface area (Å²) in [7, 11) is 0. The number of pyridine rings is 1. The van der Waals surface area contributed by atoms with E-state index in [0.717, 1.165) is 17.0 Å². The molecule has 2 heteroatoms. The van der Waals surface area contributed by atoms with E-state index in [9.17, 15) is 0 Å². The van der Waals surface area contributed by atoms with Gasteiger partial charge in [0.2, 0.25) is 0 Å². The van der Waals surface area contributed by atoms with Crippen LogP contribution in [0.2, 0.25) is 0 Å². The Morgan fingerprint density at radius 3 is 2.71 bits per heavy atom. The molecule has 0 radical (unpaired) electrons. The summed E-state index contributed by atoms with van der Waals surface area (Å²) in [6.07, 6.45) is 0.360. The van der Waals surface area contributed by atoms with Crippen molar-refractivity contribution in [3.63, 3.8) is 0 Å². The standard InChI is InChI=1S/C15H14N2/c1-11-6-7-14(12(2)10-11)15-5-3-4-13(17-15)8-9-16/h3-7,10H,8H2,1-2H3. The van der Waals surface area contributed by atoms with E-state index in [2.05, 4.69) is 43.1 Å². The van der Waals surface area contributed by atoms with Gasteiger partial charge in [-0.2, -0.15) is 5.26 Å². The molecule has 0 aliphatic carbocycles. The van der Waals surface area contributed by atoms with Gasteiger partial charge >= 0.3 is 0 Å². The maximum atomic E-state index is 8.68. The largest absolute Gasteiger partial charge is 0.252 e. The molecule has 0 aliphatic rings. The summed E-state index contributed by atoms with van der Waals surface area (Å²) in [4.78, 5) is 4.50. The van der Waals surface area contributed by atoms with Crippen molar-refractivity contribution in [3.05, 3.63) is 53.2 Å². The van der Waals surface area contributed by atoms with Crippen LogP contribution >= 0.6 is 0 Å². The molecular formula is C15H14N2. The Kier molecular flexibility index (Phi) is 3.20. The lowest BCUT2D eigenvalue weighted by Crippen LogP contribution is -1.92. The maximum absolute atomic E-state index is 8.68. The second kappa shape index (κ2) is 4.80. The van der Waals surface area contributed by atoms with Crippen molar-refractivity contribution in [2.75, 3.05) is 0 Å². The van der Waals surface area contributed by atoms with Gasteiger partial charge in [-0.25, -0.2) is 0 Å². The molecule has 0 saturated carbocycles. The fourth-order valence-corrected chi connectivity index (χ4v) is 1.91. The van der Waals surface area contributed by atoms with Gasteiger partial charge in [-0.3, -0.25) is 4.98 Å². The van der Waals surface area contributed by atoms with Gasteiger partial charge in [0.1, 0.15) is 0 Å². The van der Waals surface area contributed by atoms with E-state index >= 15 is 0 Å². The van der Waals surface area contributed by atoms with Crippen LogP contribution in [0.5, 0.6) is 0 Å². The van der Waals surface area contributed by atoms with Crippen LogP contribution in [-0.2, 0) is 6.42 Å². The van der Waals surface area contributed by atoms with Crippen molar-refractivity contribution < 1.29 is 0 Å². The van der Waals surface area contributed by atoms with Crippen LogP contribution in [0.1, 0.15) is 16.8 Å². The zero-order chi connectivity index (χ0) is 12.3. The highest BCUT2D eigenvalue weighted by atomic mass is 14.7. The van der Waals surface area contributed by atoms with E-state index in [4.69, 9.17) is 5.26 Å². The Morgan fingerprint density at radius 2 is 2.00 bits per heavy atom. The van der Waals surface area contributed by atoms with Crippen LogP contribution in [0.4, 0.5) is 0 Å². The number of benzene rings is 1. The first kappa shape index (κ1) is 11.3. The van der Waals surface area contributed by atoms with E-state index in [-0.39, 0.29) is 0 Å². The van der Waals surface area contributed by atoms with E-state index in [1.54, 1.807) is 0 Å². The Labute approximate surface area is 102 Å². The monoisotopic (exact) mass is 222 g/mol. The van der Waals surface area contributed by atoms with Crippen LogP contribution in [0.15, 0.2) is 36.4 Å². The molecule has 17 heavy (non-hydrogen) atoms. The number of hydrogen-bond acceptors (Lipinski definition) is 2.